The molecule has 0 radical (unpaired) electrons. The lowest BCUT2D eigenvalue weighted by atomic mass is 9.96. The molecular formula is C18H18O3S. The summed E-state index contributed by atoms with van der Waals surface area (Å²) in [6, 6.07) is 8.44. The molecule has 2 bridgehead atoms. The van der Waals surface area contributed by atoms with Gasteiger partial charge in [0.2, 0.25) is 9.84 Å². The predicted molar refractivity (Wildman–Crippen MR) is 85.7 cm³/mol. The maximum absolute atomic E-state index is 12.9. The Hall–Kier alpha value is -1.83. The Morgan fingerprint density at radius 1 is 1.05 bits per heavy atom. The highest BCUT2D eigenvalue weighted by Gasteiger charge is 2.42. The highest BCUT2D eigenvalue weighted by atomic mass is 32.2. The average molecular weight is 314 g/mol. The molecule has 2 heterocycles. The van der Waals surface area contributed by atoms with Gasteiger partial charge < -0.3 is 4.74 Å². The van der Waals surface area contributed by atoms with Gasteiger partial charge in [0.05, 0.1) is 15.4 Å². The molecule has 2 aliphatic rings. The molecule has 3 rings (SSSR count). The van der Waals surface area contributed by atoms with E-state index < -0.39 is 15.9 Å². The van der Waals surface area contributed by atoms with Crippen molar-refractivity contribution in [3.8, 4) is 11.8 Å². The molecule has 0 saturated heterocycles. The van der Waals surface area contributed by atoms with Crippen LogP contribution in [-0.4, -0.2) is 20.6 Å². The number of hydrogen-bond donors (Lipinski definition) is 0. The lowest BCUT2D eigenvalue weighted by Gasteiger charge is -2.12. The van der Waals surface area contributed by atoms with Crippen LogP contribution in [0.15, 0.2) is 57.9 Å². The van der Waals surface area contributed by atoms with Gasteiger partial charge in [0, 0.05) is 5.41 Å². The lowest BCUT2D eigenvalue weighted by Crippen LogP contribution is -2.15. The molecule has 2 aliphatic heterocycles. The second kappa shape index (κ2) is 5.12. The van der Waals surface area contributed by atoms with Crippen LogP contribution >= 0.6 is 0 Å². The van der Waals surface area contributed by atoms with Gasteiger partial charge in [-0.15, -0.1) is 0 Å². The number of hydrogen-bond acceptors (Lipinski definition) is 3. The van der Waals surface area contributed by atoms with Gasteiger partial charge in [0.25, 0.3) is 0 Å². The molecule has 1 aromatic carbocycles. The van der Waals surface area contributed by atoms with Gasteiger partial charge in [-0.25, -0.2) is 8.42 Å². The molecule has 3 nitrogen and oxygen atoms in total. The number of rotatable bonds is 2. The Bertz CT molecular complexity index is 813. The Balaban J connectivity index is 2.13. The fraction of sp³-hybridized carbons (Fsp3) is 0.333. The molecule has 0 N–H and O–H groups in total. The summed E-state index contributed by atoms with van der Waals surface area (Å²) in [7, 11) is -3.59. The normalized spacial score (nSPS) is 23.6. The first kappa shape index (κ1) is 15.1. The van der Waals surface area contributed by atoms with Crippen molar-refractivity contribution < 1.29 is 13.2 Å². The van der Waals surface area contributed by atoms with Crippen molar-refractivity contribution in [1.29, 1.82) is 0 Å². The Morgan fingerprint density at radius 2 is 1.68 bits per heavy atom. The minimum absolute atomic E-state index is 0.194. The zero-order valence-electron chi connectivity index (χ0n) is 12.8. The first-order chi connectivity index (χ1) is 10.3. The summed E-state index contributed by atoms with van der Waals surface area (Å²) in [5.74, 6) is 6.17. The second-order valence-corrected chi connectivity index (χ2v) is 8.37. The van der Waals surface area contributed by atoms with E-state index in [1.54, 1.807) is 36.4 Å². The van der Waals surface area contributed by atoms with Crippen LogP contribution in [-0.2, 0) is 14.6 Å². The summed E-state index contributed by atoms with van der Waals surface area (Å²) in [5.41, 5.74) is 0.381. The van der Waals surface area contributed by atoms with Gasteiger partial charge in [0.1, 0.15) is 12.2 Å². The van der Waals surface area contributed by atoms with Gasteiger partial charge in [-0.2, -0.15) is 0 Å². The molecule has 22 heavy (non-hydrogen) atoms. The van der Waals surface area contributed by atoms with E-state index in [1.165, 1.54) is 0 Å². The lowest BCUT2D eigenvalue weighted by molar-refractivity contribution is 0.132. The van der Waals surface area contributed by atoms with E-state index in [4.69, 9.17) is 4.74 Å². The monoisotopic (exact) mass is 314 g/mol. The molecule has 0 spiro atoms. The quantitative estimate of drug-likeness (QED) is 0.622. The summed E-state index contributed by atoms with van der Waals surface area (Å²) < 4.78 is 31.5. The Kier molecular flexibility index (Phi) is 3.51. The summed E-state index contributed by atoms with van der Waals surface area (Å²) in [6.45, 7) is 5.99. The molecule has 1 aromatic rings. The summed E-state index contributed by atoms with van der Waals surface area (Å²) in [6.07, 6.45) is 2.82. The van der Waals surface area contributed by atoms with Crippen LogP contribution in [0.25, 0.3) is 0 Å². The smallest absolute Gasteiger partial charge is 0.206 e. The van der Waals surface area contributed by atoms with E-state index in [0.29, 0.717) is 10.5 Å². The van der Waals surface area contributed by atoms with E-state index >= 15 is 0 Å². The van der Waals surface area contributed by atoms with Crippen LogP contribution in [0.4, 0.5) is 0 Å². The van der Waals surface area contributed by atoms with Crippen molar-refractivity contribution in [3.63, 3.8) is 0 Å². The van der Waals surface area contributed by atoms with E-state index in [0.717, 1.165) is 0 Å². The van der Waals surface area contributed by atoms with Crippen LogP contribution in [0, 0.1) is 17.3 Å². The van der Waals surface area contributed by atoms with E-state index in [2.05, 4.69) is 11.8 Å². The summed E-state index contributed by atoms with van der Waals surface area (Å²) in [4.78, 5) is 0.576. The van der Waals surface area contributed by atoms with Crippen molar-refractivity contribution in [2.45, 2.75) is 37.9 Å². The maximum atomic E-state index is 12.9. The minimum Gasteiger partial charge on any atom is -0.356 e. The largest absolute Gasteiger partial charge is 0.356 e. The maximum Gasteiger partial charge on any atom is 0.206 e. The van der Waals surface area contributed by atoms with Gasteiger partial charge in [-0.1, -0.05) is 42.2 Å². The van der Waals surface area contributed by atoms with E-state index in [9.17, 15) is 8.42 Å². The topological polar surface area (TPSA) is 43.4 Å². The van der Waals surface area contributed by atoms with Crippen LogP contribution < -0.4 is 0 Å². The zero-order valence-corrected chi connectivity index (χ0v) is 13.6. The van der Waals surface area contributed by atoms with Gasteiger partial charge in [-0.3, -0.25) is 0 Å². The number of benzene rings is 1. The van der Waals surface area contributed by atoms with E-state index in [1.807, 2.05) is 26.8 Å². The average Bonchev–Trinajstić information content (AvgIpc) is 3.06. The van der Waals surface area contributed by atoms with Crippen LogP contribution in [0.1, 0.15) is 20.8 Å². The van der Waals surface area contributed by atoms with Crippen molar-refractivity contribution >= 4 is 9.84 Å². The highest BCUT2D eigenvalue weighted by Crippen LogP contribution is 2.39. The third kappa shape index (κ3) is 2.63. The first-order valence-electron chi connectivity index (χ1n) is 7.20. The van der Waals surface area contributed by atoms with Crippen LogP contribution in [0.3, 0.4) is 0 Å². The molecular weight excluding hydrogens is 296 g/mol. The standard InChI is InChI=1S/C18H18O3S/c1-18(2,3)12-11-14-15-9-10-16(21-15)17(14)22(19,20)13-7-5-4-6-8-13/h4-10,15-16H,1-3H3/t15-,16+/m1/s1. The second-order valence-electron chi connectivity index (χ2n) is 6.46. The first-order valence-corrected chi connectivity index (χ1v) is 8.68. The molecule has 0 saturated carbocycles. The molecule has 0 amide bonds. The molecule has 0 fully saturated rings. The summed E-state index contributed by atoms with van der Waals surface area (Å²) >= 11 is 0. The van der Waals surface area contributed by atoms with Gasteiger partial charge in [-0.05, 0) is 32.9 Å². The number of ether oxygens (including phenoxy) is 1. The van der Waals surface area contributed by atoms with E-state index in [-0.39, 0.29) is 16.4 Å². The SMILES string of the molecule is CC(C)(C)C#CC1=C(S(=O)(=O)c2ccccc2)[C@@H]2C=C[C@H]1O2. The van der Waals surface area contributed by atoms with Crippen molar-refractivity contribution in [2.24, 2.45) is 5.41 Å². The molecule has 114 valence electrons. The predicted octanol–water partition coefficient (Wildman–Crippen LogP) is 3.10. The van der Waals surface area contributed by atoms with Crippen LogP contribution in [0.2, 0.25) is 0 Å². The molecule has 0 aromatic heterocycles. The third-order valence-corrected chi connectivity index (χ3v) is 5.40. The third-order valence-electron chi connectivity index (χ3n) is 3.48. The number of sulfone groups is 1. The Labute approximate surface area is 131 Å². The summed E-state index contributed by atoms with van der Waals surface area (Å²) in [5, 5.41) is 0. The van der Waals surface area contributed by atoms with Gasteiger partial charge >= 0.3 is 0 Å². The van der Waals surface area contributed by atoms with Crippen molar-refractivity contribution in [2.75, 3.05) is 0 Å². The molecule has 0 unspecified atom stereocenters. The highest BCUT2D eigenvalue weighted by molar-refractivity contribution is 7.95. The Morgan fingerprint density at radius 3 is 2.32 bits per heavy atom. The molecule has 4 heteroatoms. The van der Waals surface area contributed by atoms with Gasteiger partial charge in [0.15, 0.2) is 0 Å². The van der Waals surface area contributed by atoms with Crippen molar-refractivity contribution in [3.05, 3.63) is 53.0 Å². The fourth-order valence-corrected chi connectivity index (χ4v) is 4.14. The number of fused-ring (bicyclic) bond motifs is 2. The van der Waals surface area contributed by atoms with Crippen molar-refractivity contribution in [1.82, 2.24) is 0 Å². The zero-order chi connectivity index (χ0) is 16.0. The minimum atomic E-state index is -3.59. The van der Waals surface area contributed by atoms with Crippen LogP contribution in [0.5, 0.6) is 0 Å². The molecule has 2 atom stereocenters. The fourth-order valence-electron chi connectivity index (χ4n) is 2.47. The molecule has 0 aliphatic carbocycles.